The fourth-order valence-corrected chi connectivity index (χ4v) is 2.02. The van der Waals surface area contributed by atoms with Crippen molar-refractivity contribution in [3.8, 4) is 0 Å². The van der Waals surface area contributed by atoms with Crippen molar-refractivity contribution in [1.29, 1.82) is 0 Å². The Hall–Kier alpha value is -1.55. The minimum absolute atomic E-state index is 0.186. The second-order valence-corrected chi connectivity index (χ2v) is 4.62. The molecule has 1 aromatic carbocycles. The Morgan fingerprint density at radius 3 is 2.83 bits per heavy atom. The smallest absolute Gasteiger partial charge is 0.328 e. The summed E-state index contributed by atoms with van der Waals surface area (Å²) >= 11 is 0. The lowest BCUT2D eigenvalue weighted by Gasteiger charge is -2.17. The quantitative estimate of drug-likeness (QED) is 0.785. The Labute approximate surface area is 107 Å². The van der Waals surface area contributed by atoms with Gasteiger partial charge in [-0.15, -0.1) is 0 Å². The van der Waals surface area contributed by atoms with Crippen molar-refractivity contribution in [2.45, 2.75) is 25.5 Å². The van der Waals surface area contributed by atoms with E-state index in [9.17, 15) is 4.79 Å². The molecule has 98 valence electrons. The van der Waals surface area contributed by atoms with E-state index in [1.54, 1.807) is 7.11 Å². The monoisotopic (exact) mass is 249 g/mol. The number of esters is 1. The van der Waals surface area contributed by atoms with Gasteiger partial charge in [-0.2, -0.15) is 0 Å². The van der Waals surface area contributed by atoms with E-state index in [0.29, 0.717) is 12.5 Å². The number of carbonyl (C=O) groups excluding carboxylic acids is 1. The van der Waals surface area contributed by atoms with Crippen LogP contribution in [-0.4, -0.2) is 26.2 Å². The number of hydrogen-bond acceptors (Lipinski definition) is 4. The van der Waals surface area contributed by atoms with Gasteiger partial charge in [-0.3, -0.25) is 0 Å². The highest BCUT2D eigenvalue weighted by atomic mass is 16.5. The Morgan fingerprint density at radius 2 is 2.22 bits per heavy atom. The minimum atomic E-state index is -0.229. The van der Waals surface area contributed by atoms with E-state index in [-0.39, 0.29) is 12.0 Å². The molecule has 2 rings (SSSR count). The lowest BCUT2D eigenvalue weighted by atomic mass is 10.1. The van der Waals surface area contributed by atoms with Crippen LogP contribution in [0.25, 0.3) is 0 Å². The Kier molecular flexibility index (Phi) is 4.20. The molecule has 0 amide bonds. The molecule has 1 aliphatic rings. The van der Waals surface area contributed by atoms with Crippen LogP contribution in [-0.2, 0) is 20.9 Å². The van der Waals surface area contributed by atoms with Crippen LogP contribution in [0.5, 0.6) is 0 Å². The third-order valence-electron chi connectivity index (χ3n) is 3.11. The van der Waals surface area contributed by atoms with Crippen LogP contribution in [0, 0.1) is 5.92 Å². The van der Waals surface area contributed by atoms with Crippen molar-refractivity contribution in [3.05, 3.63) is 29.8 Å². The van der Waals surface area contributed by atoms with Gasteiger partial charge in [0.2, 0.25) is 0 Å². The predicted octanol–water partition coefficient (Wildman–Crippen LogP) is 2.20. The number of benzene rings is 1. The number of methoxy groups -OCH3 is 2. The van der Waals surface area contributed by atoms with Gasteiger partial charge in [0.25, 0.3) is 0 Å². The number of nitrogens with one attached hydrogen (secondary N) is 1. The van der Waals surface area contributed by atoms with Gasteiger partial charge in [-0.05, 0) is 36.5 Å². The molecule has 1 unspecified atom stereocenters. The van der Waals surface area contributed by atoms with Gasteiger partial charge < -0.3 is 14.8 Å². The first-order valence-corrected chi connectivity index (χ1v) is 6.17. The van der Waals surface area contributed by atoms with Crippen molar-refractivity contribution >= 4 is 11.7 Å². The van der Waals surface area contributed by atoms with Crippen molar-refractivity contribution in [2.75, 3.05) is 19.5 Å². The van der Waals surface area contributed by atoms with E-state index in [2.05, 4.69) is 5.32 Å². The normalized spacial score (nSPS) is 16.1. The Balaban J connectivity index is 2.06. The van der Waals surface area contributed by atoms with Crippen LogP contribution in [0.2, 0.25) is 0 Å². The third kappa shape index (κ3) is 3.23. The van der Waals surface area contributed by atoms with E-state index in [1.165, 1.54) is 7.11 Å². The van der Waals surface area contributed by atoms with Crippen molar-refractivity contribution < 1.29 is 14.3 Å². The highest BCUT2D eigenvalue weighted by Gasteiger charge is 2.36. The first-order valence-electron chi connectivity index (χ1n) is 6.17. The number of anilines is 1. The lowest BCUT2D eigenvalue weighted by molar-refractivity contribution is -0.142. The van der Waals surface area contributed by atoms with E-state index in [1.807, 2.05) is 24.3 Å². The van der Waals surface area contributed by atoms with Gasteiger partial charge in [0.15, 0.2) is 0 Å². The molecule has 1 fully saturated rings. The van der Waals surface area contributed by atoms with Gasteiger partial charge in [0.05, 0.1) is 13.7 Å². The Morgan fingerprint density at radius 1 is 1.44 bits per heavy atom. The average molecular weight is 249 g/mol. The maximum Gasteiger partial charge on any atom is 0.328 e. The molecule has 1 saturated carbocycles. The molecular weight excluding hydrogens is 230 g/mol. The summed E-state index contributed by atoms with van der Waals surface area (Å²) in [5.74, 6) is 0.221. The van der Waals surface area contributed by atoms with Crippen LogP contribution in [0.1, 0.15) is 18.4 Å². The van der Waals surface area contributed by atoms with Crippen molar-refractivity contribution in [3.63, 3.8) is 0 Å². The highest BCUT2D eigenvalue weighted by Crippen LogP contribution is 2.34. The highest BCUT2D eigenvalue weighted by molar-refractivity contribution is 5.80. The van der Waals surface area contributed by atoms with Crippen LogP contribution in [0.15, 0.2) is 24.3 Å². The van der Waals surface area contributed by atoms with Crippen LogP contribution < -0.4 is 5.32 Å². The molecule has 18 heavy (non-hydrogen) atoms. The molecule has 0 aromatic heterocycles. The van der Waals surface area contributed by atoms with Crippen LogP contribution in [0.3, 0.4) is 0 Å². The molecule has 0 spiro atoms. The zero-order valence-corrected chi connectivity index (χ0v) is 10.8. The van der Waals surface area contributed by atoms with Gasteiger partial charge >= 0.3 is 5.97 Å². The SMILES string of the molecule is COCc1cccc(NC(C(=O)OC)C2CC2)c1. The van der Waals surface area contributed by atoms with E-state index in [0.717, 1.165) is 24.1 Å². The van der Waals surface area contributed by atoms with Gasteiger partial charge in [0.1, 0.15) is 6.04 Å². The van der Waals surface area contributed by atoms with E-state index in [4.69, 9.17) is 9.47 Å². The summed E-state index contributed by atoms with van der Waals surface area (Å²) < 4.78 is 9.93. The summed E-state index contributed by atoms with van der Waals surface area (Å²) in [6, 6.07) is 7.68. The van der Waals surface area contributed by atoms with Crippen LogP contribution >= 0.6 is 0 Å². The zero-order valence-electron chi connectivity index (χ0n) is 10.8. The molecule has 1 atom stereocenters. The number of ether oxygens (including phenoxy) is 2. The molecule has 1 aliphatic carbocycles. The molecule has 0 bridgehead atoms. The van der Waals surface area contributed by atoms with E-state index < -0.39 is 0 Å². The summed E-state index contributed by atoms with van der Waals surface area (Å²) in [6.45, 7) is 0.571. The van der Waals surface area contributed by atoms with Gasteiger partial charge in [0, 0.05) is 12.8 Å². The second-order valence-electron chi connectivity index (χ2n) is 4.62. The lowest BCUT2D eigenvalue weighted by Crippen LogP contribution is -2.32. The van der Waals surface area contributed by atoms with Gasteiger partial charge in [-0.25, -0.2) is 4.79 Å². The van der Waals surface area contributed by atoms with Crippen LogP contribution in [0.4, 0.5) is 5.69 Å². The predicted molar refractivity (Wildman–Crippen MR) is 69.3 cm³/mol. The first kappa shape index (κ1) is 12.9. The standard InChI is InChI=1S/C14H19NO3/c1-17-9-10-4-3-5-12(8-10)15-13(11-6-7-11)14(16)18-2/h3-5,8,11,13,15H,6-7,9H2,1-2H3. The molecule has 0 aliphatic heterocycles. The first-order chi connectivity index (χ1) is 8.74. The molecule has 0 heterocycles. The van der Waals surface area contributed by atoms with Crippen molar-refractivity contribution in [1.82, 2.24) is 0 Å². The second kappa shape index (κ2) is 5.87. The number of rotatable bonds is 6. The number of carbonyl (C=O) groups is 1. The summed E-state index contributed by atoms with van der Waals surface area (Å²) in [4.78, 5) is 11.7. The zero-order chi connectivity index (χ0) is 13.0. The molecule has 0 radical (unpaired) electrons. The molecular formula is C14H19NO3. The maximum absolute atomic E-state index is 11.7. The fraction of sp³-hybridized carbons (Fsp3) is 0.500. The Bertz CT molecular complexity index is 415. The largest absolute Gasteiger partial charge is 0.467 e. The van der Waals surface area contributed by atoms with Gasteiger partial charge in [-0.1, -0.05) is 12.1 Å². The average Bonchev–Trinajstić information content (AvgIpc) is 3.20. The maximum atomic E-state index is 11.7. The molecule has 4 nitrogen and oxygen atoms in total. The van der Waals surface area contributed by atoms with E-state index >= 15 is 0 Å². The fourth-order valence-electron chi connectivity index (χ4n) is 2.02. The third-order valence-corrected chi connectivity index (χ3v) is 3.11. The summed E-state index contributed by atoms with van der Waals surface area (Å²) in [6.07, 6.45) is 2.18. The molecule has 1 N–H and O–H groups in total. The minimum Gasteiger partial charge on any atom is -0.467 e. The molecule has 0 saturated heterocycles. The summed E-state index contributed by atoms with van der Waals surface area (Å²) in [5.41, 5.74) is 2.02. The summed E-state index contributed by atoms with van der Waals surface area (Å²) in [5, 5.41) is 3.26. The van der Waals surface area contributed by atoms with Crippen molar-refractivity contribution in [2.24, 2.45) is 5.92 Å². The molecule has 1 aromatic rings. The topological polar surface area (TPSA) is 47.6 Å². The summed E-state index contributed by atoms with van der Waals surface area (Å²) in [7, 11) is 3.10. The number of hydrogen-bond donors (Lipinski definition) is 1. The molecule has 4 heteroatoms.